The second kappa shape index (κ2) is 12.3. The highest BCUT2D eigenvalue weighted by molar-refractivity contribution is 7.97. The summed E-state index contributed by atoms with van der Waals surface area (Å²) in [5.74, 6) is 1.21. The van der Waals surface area contributed by atoms with Crippen molar-refractivity contribution in [2.24, 2.45) is 0 Å². The minimum Gasteiger partial charge on any atom is -0.474 e. The van der Waals surface area contributed by atoms with E-state index in [0.717, 1.165) is 49.6 Å². The predicted molar refractivity (Wildman–Crippen MR) is 133 cm³/mol. The molecule has 0 aromatic carbocycles. The van der Waals surface area contributed by atoms with Gasteiger partial charge in [-0.3, -0.25) is 4.31 Å². The van der Waals surface area contributed by atoms with E-state index in [-0.39, 0.29) is 24.4 Å². The van der Waals surface area contributed by atoms with E-state index in [2.05, 4.69) is 26.2 Å². The van der Waals surface area contributed by atoms with E-state index < -0.39 is 0 Å². The van der Waals surface area contributed by atoms with E-state index in [9.17, 15) is 4.79 Å². The number of aromatic nitrogens is 2. The topological polar surface area (TPSA) is 77.0 Å². The van der Waals surface area contributed by atoms with Crippen LogP contribution in [0.1, 0.15) is 77.2 Å². The summed E-state index contributed by atoms with van der Waals surface area (Å²) in [5.41, 5.74) is 0.850. The fourth-order valence-electron chi connectivity index (χ4n) is 4.84. The van der Waals surface area contributed by atoms with E-state index in [1.165, 1.54) is 38.4 Å². The number of carbonyl (C=O) groups excluding carboxylic acids is 1. The van der Waals surface area contributed by atoms with Crippen LogP contribution in [-0.4, -0.2) is 75.0 Å². The fraction of sp³-hybridized carbons (Fsp3) is 0.800. The first-order valence-electron chi connectivity index (χ1n) is 13.0. The van der Waals surface area contributed by atoms with Crippen molar-refractivity contribution in [2.75, 3.05) is 26.2 Å². The molecule has 0 N–H and O–H groups in total. The highest BCUT2D eigenvalue weighted by Crippen LogP contribution is 2.33. The highest BCUT2D eigenvalue weighted by atomic mass is 32.2. The van der Waals surface area contributed by atoms with Gasteiger partial charge in [0.15, 0.2) is 0 Å². The monoisotopic (exact) mass is 492 g/mol. The van der Waals surface area contributed by atoms with Gasteiger partial charge < -0.3 is 19.1 Å². The Morgan fingerprint density at radius 1 is 0.912 bits per heavy atom. The van der Waals surface area contributed by atoms with E-state index in [4.69, 9.17) is 14.2 Å². The Morgan fingerprint density at radius 2 is 1.47 bits per heavy atom. The smallest absolute Gasteiger partial charge is 0.410 e. The Hall–Kier alpha value is -1.74. The zero-order valence-electron chi connectivity index (χ0n) is 20.9. The molecule has 0 spiro atoms. The summed E-state index contributed by atoms with van der Waals surface area (Å²) in [6, 6.07) is 0. The van der Waals surface area contributed by atoms with Crippen molar-refractivity contribution in [3.8, 4) is 11.8 Å². The van der Waals surface area contributed by atoms with Crippen LogP contribution in [0.2, 0.25) is 0 Å². The van der Waals surface area contributed by atoms with Crippen LogP contribution in [-0.2, 0) is 4.74 Å². The van der Waals surface area contributed by atoms with Gasteiger partial charge in [0.05, 0.1) is 11.7 Å². The molecule has 1 aliphatic carbocycles. The number of hydrogen-bond acceptors (Lipinski definition) is 8. The molecule has 3 aliphatic rings. The summed E-state index contributed by atoms with van der Waals surface area (Å²) in [4.78, 5) is 22.6. The third-order valence-corrected chi connectivity index (χ3v) is 8.27. The Bertz CT molecular complexity index is 789. The quantitative estimate of drug-likeness (QED) is 0.492. The van der Waals surface area contributed by atoms with Gasteiger partial charge in [0.25, 0.3) is 0 Å². The van der Waals surface area contributed by atoms with Crippen molar-refractivity contribution in [3.63, 3.8) is 0 Å². The van der Waals surface area contributed by atoms with Gasteiger partial charge in [0.1, 0.15) is 18.5 Å². The molecule has 190 valence electrons. The van der Waals surface area contributed by atoms with Gasteiger partial charge >= 0.3 is 6.09 Å². The fourth-order valence-corrected chi connectivity index (χ4v) is 6.23. The molecular weight excluding hydrogens is 452 g/mol. The Balaban J connectivity index is 1.23. The van der Waals surface area contributed by atoms with Crippen molar-refractivity contribution >= 4 is 18.0 Å². The third-order valence-electron chi connectivity index (χ3n) is 6.84. The average Bonchev–Trinajstić information content (AvgIpc) is 2.83. The molecule has 3 fully saturated rings. The lowest BCUT2D eigenvalue weighted by Crippen LogP contribution is -2.42. The van der Waals surface area contributed by atoms with Crippen LogP contribution < -0.4 is 9.47 Å². The third kappa shape index (κ3) is 7.13. The zero-order valence-corrected chi connectivity index (χ0v) is 21.7. The molecule has 2 aliphatic heterocycles. The standard InChI is InChI=1S/C25H40N4O4S/c1-18(2)31-25(30)28-13-9-20(10-14-28)32-23-19(3)24(27-17-26-23)33-21-11-15-29(16-12-21)34-22-7-5-4-6-8-22/h17-18,20-22H,4-16H2,1-3H3. The van der Waals surface area contributed by atoms with Gasteiger partial charge in [-0.15, -0.1) is 0 Å². The summed E-state index contributed by atoms with van der Waals surface area (Å²) in [7, 11) is 0. The summed E-state index contributed by atoms with van der Waals surface area (Å²) < 4.78 is 20.4. The van der Waals surface area contributed by atoms with Crippen molar-refractivity contribution in [2.45, 2.75) is 102 Å². The maximum atomic E-state index is 12.1. The van der Waals surface area contributed by atoms with Gasteiger partial charge in [0, 0.05) is 44.3 Å². The number of likely N-dealkylation sites (tertiary alicyclic amines) is 1. The van der Waals surface area contributed by atoms with Gasteiger partial charge in [-0.2, -0.15) is 0 Å². The average molecular weight is 493 g/mol. The zero-order chi connectivity index (χ0) is 23.9. The van der Waals surface area contributed by atoms with Crippen LogP contribution in [0.25, 0.3) is 0 Å². The minimum atomic E-state index is -0.245. The van der Waals surface area contributed by atoms with E-state index >= 15 is 0 Å². The summed E-state index contributed by atoms with van der Waals surface area (Å²) in [6.07, 6.45) is 11.8. The number of hydrogen-bond donors (Lipinski definition) is 0. The SMILES string of the molecule is Cc1c(OC2CCN(SC3CCCCC3)CC2)ncnc1OC1CCN(C(=O)OC(C)C)CC1. The molecule has 4 rings (SSSR count). The maximum Gasteiger partial charge on any atom is 0.410 e. The normalized spacial score (nSPS) is 21.6. The molecule has 2 saturated heterocycles. The maximum absolute atomic E-state index is 12.1. The highest BCUT2D eigenvalue weighted by Gasteiger charge is 2.28. The van der Waals surface area contributed by atoms with Gasteiger partial charge in [-0.25, -0.2) is 14.8 Å². The lowest BCUT2D eigenvalue weighted by molar-refractivity contribution is 0.0503. The van der Waals surface area contributed by atoms with Crippen molar-refractivity contribution in [1.29, 1.82) is 0 Å². The molecule has 0 unspecified atom stereocenters. The summed E-state index contributed by atoms with van der Waals surface area (Å²) >= 11 is 2.08. The second-order valence-corrected chi connectivity index (χ2v) is 11.4. The van der Waals surface area contributed by atoms with Crippen LogP contribution >= 0.6 is 11.9 Å². The molecule has 1 amide bonds. The molecule has 8 nitrogen and oxygen atoms in total. The lowest BCUT2D eigenvalue weighted by Gasteiger charge is -2.34. The molecule has 0 radical (unpaired) electrons. The minimum absolute atomic E-state index is 0.0181. The number of carbonyl (C=O) groups is 1. The van der Waals surface area contributed by atoms with Gasteiger partial charge in [0.2, 0.25) is 11.8 Å². The number of piperidine rings is 2. The van der Waals surface area contributed by atoms with Gasteiger partial charge in [-0.1, -0.05) is 31.2 Å². The Morgan fingerprint density at radius 3 is 2.03 bits per heavy atom. The molecule has 9 heteroatoms. The van der Waals surface area contributed by atoms with Crippen LogP contribution in [0.15, 0.2) is 6.33 Å². The first-order valence-corrected chi connectivity index (χ1v) is 13.8. The number of ether oxygens (including phenoxy) is 3. The van der Waals surface area contributed by atoms with E-state index in [1.54, 1.807) is 4.90 Å². The van der Waals surface area contributed by atoms with Crippen molar-refractivity contribution in [3.05, 3.63) is 11.9 Å². The van der Waals surface area contributed by atoms with Crippen molar-refractivity contribution in [1.82, 2.24) is 19.2 Å². The molecular formula is C25H40N4O4S. The first-order chi connectivity index (χ1) is 16.5. The molecule has 0 atom stereocenters. The largest absolute Gasteiger partial charge is 0.474 e. The Labute approximate surface area is 208 Å². The van der Waals surface area contributed by atoms with Crippen LogP contribution in [0.3, 0.4) is 0 Å². The molecule has 1 saturated carbocycles. The summed E-state index contributed by atoms with van der Waals surface area (Å²) in [6.45, 7) is 9.08. The van der Waals surface area contributed by atoms with Crippen LogP contribution in [0, 0.1) is 6.92 Å². The van der Waals surface area contributed by atoms with Gasteiger partial charge in [-0.05, 0) is 46.5 Å². The number of amides is 1. The number of rotatable bonds is 7. The molecule has 34 heavy (non-hydrogen) atoms. The van der Waals surface area contributed by atoms with E-state index in [0.29, 0.717) is 24.8 Å². The number of nitrogens with zero attached hydrogens (tertiary/aromatic N) is 4. The molecule has 1 aromatic heterocycles. The Kier molecular flexibility index (Phi) is 9.17. The molecule has 0 bridgehead atoms. The predicted octanol–water partition coefficient (Wildman–Crippen LogP) is 5.00. The molecule has 3 heterocycles. The lowest BCUT2D eigenvalue weighted by atomic mass is 10.0. The van der Waals surface area contributed by atoms with Crippen molar-refractivity contribution < 1.29 is 19.0 Å². The summed E-state index contributed by atoms with van der Waals surface area (Å²) in [5, 5.41) is 0.808. The van der Waals surface area contributed by atoms with E-state index in [1.807, 2.05) is 20.8 Å². The van der Waals surface area contributed by atoms with Crippen LogP contribution in [0.5, 0.6) is 11.8 Å². The van der Waals surface area contributed by atoms with Crippen LogP contribution in [0.4, 0.5) is 4.79 Å². The first kappa shape index (κ1) is 25.4. The second-order valence-electron chi connectivity index (χ2n) is 9.96. The molecule has 1 aromatic rings.